The first-order valence-electron chi connectivity index (χ1n) is 9.67. The average molecular weight is 452 g/mol. The van der Waals surface area contributed by atoms with Gasteiger partial charge < -0.3 is 5.32 Å². The molecule has 0 saturated heterocycles. The van der Waals surface area contributed by atoms with E-state index in [2.05, 4.69) is 5.32 Å². The molecule has 0 aliphatic carbocycles. The largest absolute Gasteiger partial charge is 0.325 e. The number of nitrogens with zero attached hydrogens (tertiary/aromatic N) is 2. The van der Waals surface area contributed by atoms with Gasteiger partial charge in [-0.2, -0.15) is 0 Å². The summed E-state index contributed by atoms with van der Waals surface area (Å²) in [6.07, 6.45) is 0.496. The second-order valence-corrected chi connectivity index (χ2v) is 8.39. The predicted octanol–water partition coefficient (Wildman–Crippen LogP) is 6.05. The molecule has 0 bridgehead atoms. The van der Waals surface area contributed by atoms with Crippen LogP contribution >= 0.6 is 23.4 Å². The quantitative estimate of drug-likeness (QED) is 0.362. The van der Waals surface area contributed by atoms with E-state index in [9.17, 15) is 9.18 Å². The fraction of sp³-hybridized carbons (Fsp3) is 0.125. The van der Waals surface area contributed by atoms with Crippen LogP contribution in [0.2, 0.25) is 5.02 Å². The van der Waals surface area contributed by atoms with Crippen LogP contribution in [0.15, 0.2) is 71.8 Å². The number of rotatable bonds is 6. The van der Waals surface area contributed by atoms with Crippen molar-refractivity contribution in [2.24, 2.45) is 0 Å². The Kier molecular flexibility index (Phi) is 6.49. The highest BCUT2D eigenvalue weighted by Crippen LogP contribution is 2.26. The van der Waals surface area contributed by atoms with E-state index in [4.69, 9.17) is 21.6 Å². The van der Waals surface area contributed by atoms with Gasteiger partial charge in [0.05, 0.1) is 22.5 Å². The minimum atomic E-state index is -0.282. The number of anilines is 1. The van der Waals surface area contributed by atoms with Crippen molar-refractivity contribution in [1.29, 1.82) is 0 Å². The molecule has 1 aromatic heterocycles. The minimum absolute atomic E-state index is 0.155. The van der Waals surface area contributed by atoms with Crippen molar-refractivity contribution in [2.45, 2.75) is 18.4 Å². The molecule has 1 N–H and O–H groups in total. The number of amides is 1. The molecule has 0 saturated carbocycles. The molecule has 0 aliphatic rings. The number of fused-ring (bicyclic) bond motifs is 1. The average Bonchev–Trinajstić information content (AvgIpc) is 2.77. The number of carbonyl (C=O) groups is 1. The summed E-state index contributed by atoms with van der Waals surface area (Å²) in [6, 6.07) is 19.3. The van der Waals surface area contributed by atoms with Crippen LogP contribution in [0.5, 0.6) is 0 Å². The molecule has 31 heavy (non-hydrogen) atoms. The highest BCUT2D eigenvalue weighted by molar-refractivity contribution is 8.00. The third-order valence-corrected chi connectivity index (χ3v) is 6.19. The summed E-state index contributed by atoms with van der Waals surface area (Å²) in [6.45, 7) is 1.86. The molecule has 156 valence electrons. The molecule has 0 atom stereocenters. The Balaban J connectivity index is 1.55. The molecule has 1 amide bonds. The molecule has 4 rings (SSSR count). The normalized spacial score (nSPS) is 10.9. The molecule has 3 aromatic carbocycles. The zero-order valence-corrected chi connectivity index (χ0v) is 18.3. The molecule has 7 heteroatoms. The number of carbonyl (C=O) groups excluding carboxylic acids is 1. The number of halogens is 2. The van der Waals surface area contributed by atoms with Crippen LogP contribution in [0.4, 0.5) is 10.1 Å². The Morgan fingerprint density at radius 1 is 1.00 bits per heavy atom. The van der Waals surface area contributed by atoms with Crippen molar-refractivity contribution in [3.63, 3.8) is 0 Å². The molecule has 0 unspecified atom stereocenters. The Morgan fingerprint density at radius 3 is 2.45 bits per heavy atom. The van der Waals surface area contributed by atoms with Gasteiger partial charge in [0.15, 0.2) is 0 Å². The first kappa shape index (κ1) is 21.3. The maximum absolute atomic E-state index is 13.3. The number of hydrogen-bond acceptors (Lipinski definition) is 4. The van der Waals surface area contributed by atoms with Crippen LogP contribution in [0.25, 0.3) is 11.0 Å². The summed E-state index contributed by atoms with van der Waals surface area (Å²) in [5.41, 5.74) is 4.73. The zero-order valence-electron chi connectivity index (χ0n) is 16.7. The van der Waals surface area contributed by atoms with Gasteiger partial charge in [0.1, 0.15) is 10.8 Å². The van der Waals surface area contributed by atoms with Crippen LogP contribution in [0.1, 0.15) is 16.8 Å². The fourth-order valence-electron chi connectivity index (χ4n) is 3.11. The summed E-state index contributed by atoms with van der Waals surface area (Å²) in [4.78, 5) is 22.0. The van der Waals surface area contributed by atoms with E-state index in [-0.39, 0.29) is 17.5 Å². The number of benzene rings is 3. The Hall–Kier alpha value is -2.96. The molecule has 0 spiro atoms. The Morgan fingerprint density at radius 2 is 1.71 bits per heavy atom. The first-order valence-corrected chi connectivity index (χ1v) is 11.0. The molecule has 4 nitrogen and oxygen atoms in total. The number of thioether (sulfide) groups is 1. The van der Waals surface area contributed by atoms with Gasteiger partial charge in [-0.15, -0.1) is 0 Å². The zero-order chi connectivity index (χ0) is 21.8. The lowest BCUT2D eigenvalue weighted by molar-refractivity contribution is -0.113. The monoisotopic (exact) mass is 451 g/mol. The van der Waals surface area contributed by atoms with Crippen molar-refractivity contribution in [2.75, 3.05) is 11.1 Å². The van der Waals surface area contributed by atoms with Crippen molar-refractivity contribution in [1.82, 2.24) is 9.97 Å². The Bertz CT molecular complexity index is 1250. The summed E-state index contributed by atoms with van der Waals surface area (Å²) in [5, 5.41) is 4.19. The molecule has 0 radical (unpaired) electrons. The minimum Gasteiger partial charge on any atom is -0.325 e. The second kappa shape index (κ2) is 9.45. The van der Waals surface area contributed by atoms with Gasteiger partial charge in [-0.3, -0.25) is 4.79 Å². The summed E-state index contributed by atoms with van der Waals surface area (Å²) >= 11 is 7.46. The van der Waals surface area contributed by atoms with Crippen LogP contribution in [0.3, 0.4) is 0 Å². The van der Waals surface area contributed by atoms with Gasteiger partial charge in [-0.05, 0) is 54.4 Å². The predicted molar refractivity (Wildman–Crippen MR) is 124 cm³/mol. The molecule has 0 fully saturated rings. The third-order valence-electron chi connectivity index (χ3n) is 4.77. The van der Waals surface area contributed by atoms with E-state index in [1.54, 1.807) is 24.3 Å². The van der Waals surface area contributed by atoms with E-state index in [1.807, 2.05) is 37.3 Å². The highest BCUT2D eigenvalue weighted by atomic mass is 35.5. The molecule has 1 heterocycles. The maximum atomic E-state index is 13.3. The summed E-state index contributed by atoms with van der Waals surface area (Å²) in [5.74, 6) is -0.260. The SMILES string of the molecule is Cc1c(Cl)cccc1NC(=O)CSc1nc2ccccc2nc1Cc1ccc(F)cc1. The van der Waals surface area contributed by atoms with Crippen molar-refractivity contribution in [3.8, 4) is 0 Å². The van der Waals surface area contributed by atoms with Crippen molar-refractivity contribution >= 4 is 46.0 Å². The van der Waals surface area contributed by atoms with Crippen molar-refractivity contribution in [3.05, 3.63) is 94.4 Å². The van der Waals surface area contributed by atoms with Gasteiger partial charge in [0.25, 0.3) is 0 Å². The smallest absolute Gasteiger partial charge is 0.234 e. The maximum Gasteiger partial charge on any atom is 0.234 e. The first-order chi connectivity index (χ1) is 15.0. The van der Waals surface area contributed by atoms with Gasteiger partial charge in [0, 0.05) is 17.1 Å². The lowest BCUT2D eigenvalue weighted by Gasteiger charge is -2.11. The molecular formula is C24H19ClFN3OS. The summed E-state index contributed by atoms with van der Waals surface area (Å²) < 4.78 is 13.3. The fourth-order valence-corrected chi connectivity index (χ4v) is 4.07. The third kappa shape index (κ3) is 5.21. The topological polar surface area (TPSA) is 54.9 Å². The van der Waals surface area contributed by atoms with Gasteiger partial charge in [0.2, 0.25) is 5.91 Å². The number of nitrogens with one attached hydrogen (secondary N) is 1. The van der Waals surface area contributed by atoms with Crippen LogP contribution < -0.4 is 5.32 Å². The van der Waals surface area contributed by atoms with E-state index in [0.29, 0.717) is 22.2 Å². The van der Waals surface area contributed by atoms with E-state index in [0.717, 1.165) is 27.9 Å². The van der Waals surface area contributed by atoms with Gasteiger partial charge >= 0.3 is 0 Å². The Labute approximate surface area is 188 Å². The molecular weight excluding hydrogens is 433 g/mol. The van der Waals surface area contributed by atoms with E-state index in [1.165, 1.54) is 23.9 Å². The van der Waals surface area contributed by atoms with E-state index < -0.39 is 0 Å². The van der Waals surface area contributed by atoms with E-state index >= 15 is 0 Å². The lowest BCUT2D eigenvalue weighted by atomic mass is 10.1. The number of aromatic nitrogens is 2. The highest BCUT2D eigenvalue weighted by Gasteiger charge is 2.14. The van der Waals surface area contributed by atoms with Crippen LogP contribution in [-0.2, 0) is 11.2 Å². The standard InChI is InChI=1S/C24H19ClFN3OS/c1-15-18(25)5-4-8-19(15)28-23(30)14-31-24-22(13-16-9-11-17(26)12-10-16)27-20-6-2-3-7-21(20)29-24/h2-12H,13-14H2,1H3,(H,28,30). The van der Waals surface area contributed by atoms with Crippen LogP contribution in [0, 0.1) is 12.7 Å². The lowest BCUT2D eigenvalue weighted by Crippen LogP contribution is -2.15. The summed E-state index contributed by atoms with van der Waals surface area (Å²) in [7, 11) is 0. The number of para-hydroxylation sites is 2. The molecule has 4 aromatic rings. The van der Waals surface area contributed by atoms with Crippen molar-refractivity contribution < 1.29 is 9.18 Å². The molecule has 0 aliphatic heterocycles. The van der Waals surface area contributed by atoms with Gasteiger partial charge in [-0.25, -0.2) is 14.4 Å². The second-order valence-electron chi connectivity index (χ2n) is 7.02. The van der Waals surface area contributed by atoms with Crippen LogP contribution in [-0.4, -0.2) is 21.6 Å². The van der Waals surface area contributed by atoms with Gasteiger partial charge in [-0.1, -0.05) is 53.7 Å². The number of hydrogen-bond donors (Lipinski definition) is 1.